The molecule has 0 fully saturated rings. The second kappa shape index (κ2) is 6.90. The maximum Gasteiger partial charge on any atom is 0.348 e. The quantitative estimate of drug-likeness (QED) is 0.853. The molecule has 21 heavy (non-hydrogen) atoms. The van der Waals surface area contributed by atoms with Gasteiger partial charge in [0.15, 0.2) is 0 Å². The molecule has 2 N–H and O–H groups in total. The average Bonchev–Trinajstić information content (AvgIpc) is 2.86. The molecule has 0 saturated carbocycles. The molecular formula is C15H16N2O3S. The van der Waals surface area contributed by atoms with Gasteiger partial charge in [0.2, 0.25) is 0 Å². The maximum atomic E-state index is 11.9. The molecule has 0 aliphatic rings. The summed E-state index contributed by atoms with van der Waals surface area (Å²) in [7, 11) is 1.33. The van der Waals surface area contributed by atoms with Crippen molar-refractivity contribution in [3.05, 3.63) is 51.7 Å². The van der Waals surface area contributed by atoms with Crippen molar-refractivity contribution in [2.45, 2.75) is 13.5 Å². The summed E-state index contributed by atoms with van der Waals surface area (Å²) in [6.07, 6.45) is 0. The Kier molecular flexibility index (Phi) is 4.94. The minimum absolute atomic E-state index is 0.309. The van der Waals surface area contributed by atoms with E-state index in [-0.39, 0.29) is 6.03 Å². The molecule has 2 amide bonds. The van der Waals surface area contributed by atoms with Gasteiger partial charge >= 0.3 is 12.0 Å². The number of benzene rings is 1. The van der Waals surface area contributed by atoms with Gasteiger partial charge in [0, 0.05) is 11.4 Å². The third-order valence-corrected chi connectivity index (χ3v) is 3.88. The molecule has 0 bridgehead atoms. The summed E-state index contributed by atoms with van der Waals surface area (Å²) in [5.41, 5.74) is 1.64. The van der Waals surface area contributed by atoms with E-state index in [0.717, 1.165) is 10.4 Å². The van der Waals surface area contributed by atoms with E-state index in [0.29, 0.717) is 17.1 Å². The standard InChI is InChI=1S/C15H16N2O3S/c1-10-12(8-13(21-10)14(18)20-2)17-15(19)16-9-11-6-4-3-5-7-11/h3-8H,9H2,1-2H3,(H2,16,17,19). The lowest BCUT2D eigenvalue weighted by Gasteiger charge is -2.07. The van der Waals surface area contributed by atoms with Gasteiger partial charge < -0.3 is 15.4 Å². The molecule has 0 spiro atoms. The van der Waals surface area contributed by atoms with Crippen molar-refractivity contribution >= 4 is 29.0 Å². The smallest absolute Gasteiger partial charge is 0.348 e. The van der Waals surface area contributed by atoms with Crippen LogP contribution in [0.5, 0.6) is 0 Å². The topological polar surface area (TPSA) is 67.4 Å². The molecule has 0 aliphatic carbocycles. The van der Waals surface area contributed by atoms with Crippen LogP contribution in [0.25, 0.3) is 0 Å². The van der Waals surface area contributed by atoms with Gasteiger partial charge in [-0.25, -0.2) is 9.59 Å². The minimum atomic E-state index is -0.402. The van der Waals surface area contributed by atoms with Crippen LogP contribution in [0.1, 0.15) is 20.1 Å². The first-order valence-corrected chi connectivity index (χ1v) is 7.19. The highest BCUT2D eigenvalue weighted by atomic mass is 32.1. The van der Waals surface area contributed by atoms with Crippen LogP contribution < -0.4 is 10.6 Å². The summed E-state index contributed by atoms with van der Waals surface area (Å²) >= 11 is 1.29. The normalized spacial score (nSPS) is 10.0. The maximum absolute atomic E-state index is 11.9. The summed E-state index contributed by atoms with van der Waals surface area (Å²) in [5.74, 6) is -0.402. The lowest BCUT2D eigenvalue weighted by atomic mass is 10.2. The second-order valence-electron chi connectivity index (χ2n) is 4.37. The van der Waals surface area contributed by atoms with Crippen molar-refractivity contribution in [1.29, 1.82) is 0 Å². The van der Waals surface area contributed by atoms with Crippen LogP contribution in [-0.2, 0) is 11.3 Å². The molecule has 6 heteroatoms. The van der Waals surface area contributed by atoms with Gasteiger partial charge in [0.1, 0.15) is 4.88 Å². The van der Waals surface area contributed by atoms with Crippen LogP contribution in [0.15, 0.2) is 36.4 Å². The van der Waals surface area contributed by atoms with E-state index >= 15 is 0 Å². The summed E-state index contributed by atoms with van der Waals surface area (Å²) in [4.78, 5) is 24.6. The van der Waals surface area contributed by atoms with Crippen molar-refractivity contribution < 1.29 is 14.3 Å². The first-order valence-electron chi connectivity index (χ1n) is 6.37. The summed E-state index contributed by atoms with van der Waals surface area (Å²) in [5, 5.41) is 5.50. The van der Waals surface area contributed by atoms with Crippen molar-refractivity contribution in [2.24, 2.45) is 0 Å². The van der Waals surface area contributed by atoms with Gasteiger partial charge in [-0.1, -0.05) is 30.3 Å². The van der Waals surface area contributed by atoms with Crippen molar-refractivity contribution in [3.63, 3.8) is 0 Å². The number of carbonyl (C=O) groups excluding carboxylic acids is 2. The Bertz CT molecular complexity index is 638. The molecule has 0 radical (unpaired) electrons. The minimum Gasteiger partial charge on any atom is -0.465 e. The third-order valence-electron chi connectivity index (χ3n) is 2.85. The van der Waals surface area contributed by atoms with E-state index in [1.807, 2.05) is 37.3 Å². The first kappa shape index (κ1) is 15.1. The third kappa shape index (κ3) is 4.06. The van der Waals surface area contributed by atoms with Crippen LogP contribution in [-0.4, -0.2) is 19.1 Å². The van der Waals surface area contributed by atoms with E-state index in [9.17, 15) is 9.59 Å². The monoisotopic (exact) mass is 304 g/mol. The van der Waals surface area contributed by atoms with Crippen LogP contribution >= 0.6 is 11.3 Å². The molecule has 5 nitrogen and oxygen atoms in total. The zero-order valence-electron chi connectivity index (χ0n) is 11.8. The van der Waals surface area contributed by atoms with Crippen molar-refractivity contribution in [2.75, 3.05) is 12.4 Å². The molecule has 0 saturated heterocycles. The molecule has 2 rings (SSSR count). The Morgan fingerprint density at radius 1 is 1.24 bits per heavy atom. The number of rotatable bonds is 4. The SMILES string of the molecule is COC(=O)c1cc(NC(=O)NCc2ccccc2)c(C)s1. The number of ether oxygens (including phenoxy) is 1. The van der Waals surface area contributed by atoms with Gasteiger partial charge in [-0.2, -0.15) is 0 Å². The Hall–Kier alpha value is -2.34. The number of esters is 1. The molecule has 110 valence electrons. The number of nitrogens with one attached hydrogen (secondary N) is 2. The van der Waals surface area contributed by atoms with E-state index in [4.69, 9.17) is 0 Å². The number of hydrogen-bond donors (Lipinski definition) is 2. The Morgan fingerprint density at radius 3 is 2.62 bits per heavy atom. The van der Waals surface area contributed by atoms with Gasteiger partial charge in [-0.3, -0.25) is 0 Å². The molecule has 1 aromatic carbocycles. The van der Waals surface area contributed by atoms with E-state index in [1.165, 1.54) is 18.4 Å². The molecular weight excluding hydrogens is 288 g/mol. The molecule has 0 aliphatic heterocycles. The average molecular weight is 304 g/mol. The van der Waals surface area contributed by atoms with Gasteiger partial charge in [-0.15, -0.1) is 11.3 Å². The molecule has 0 unspecified atom stereocenters. The Labute approximate surface area is 126 Å². The summed E-state index contributed by atoms with van der Waals surface area (Å²) in [6.45, 7) is 2.28. The molecule has 2 aromatic rings. The fourth-order valence-electron chi connectivity index (χ4n) is 1.75. The number of urea groups is 1. The highest BCUT2D eigenvalue weighted by Crippen LogP contribution is 2.26. The van der Waals surface area contributed by atoms with Crippen LogP contribution in [0.2, 0.25) is 0 Å². The predicted octanol–water partition coefficient (Wildman–Crippen LogP) is 3.16. The van der Waals surface area contributed by atoms with Gasteiger partial charge in [-0.05, 0) is 18.6 Å². The van der Waals surface area contributed by atoms with Crippen LogP contribution in [0.3, 0.4) is 0 Å². The number of carbonyl (C=O) groups is 2. The summed E-state index contributed by atoms with van der Waals surface area (Å²) in [6, 6.07) is 10.9. The number of aryl methyl sites for hydroxylation is 1. The predicted molar refractivity (Wildman–Crippen MR) is 82.7 cm³/mol. The number of thiophene rings is 1. The highest BCUT2D eigenvalue weighted by molar-refractivity contribution is 7.14. The lowest BCUT2D eigenvalue weighted by molar-refractivity contribution is 0.0606. The fraction of sp³-hybridized carbons (Fsp3) is 0.200. The van der Waals surface area contributed by atoms with E-state index in [1.54, 1.807) is 6.07 Å². The van der Waals surface area contributed by atoms with Crippen LogP contribution in [0.4, 0.5) is 10.5 Å². The highest BCUT2D eigenvalue weighted by Gasteiger charge is 2.14. The van der Waals surface area contributed by atoms with E-state index < -0.39 is 5.97 Å². The fourth-order valence-corrected chi connectivity index (χ4v) is 2.65. The number of methoxy groups -OCH3 is 1. The Morgan fingerprint density at radius 2 is 1.95 bits per heavy atom. The zero-order chi connectivity index (χ0) is 15.2. The van der Waals surface area contributed by atoms with Crippen LogP contribution in [0, 0.1) is 6.92 Å². The van der Waals surface area contributed by atoms with Gasteiger partial charge in [0.05, 0.1) is 12.8 Å². The molecule has 0 atom stereocenters. The number of amides is 2. The largest absolute Gasteiger partial charge is 0.465 e. The number of anilines is 1. The van der Waals surface area contributed by atoms with Gasteiger partial charge in [0.25, 0.3) is 0 Å². The lowest BCUT2D eigenvalue weighted by Crippen LogP contribution is -2.28. The summed E-state index contributed by atoms with van der Waals surface area (Å²) < 4.78 is 4.66. The molecule has 1 heterocycles. The number of hydrogen-bond acceptors (Lipinski definition) is 4. The van der Waals surface area contributed by atoms with Crippen molar-refractivity contribution in [1.82, 2.24) is 5.32 Å². The van der Waals surface area contributed by atoms with E-state index in [2.05, 4.69) is 15.4 Å². The second-order valence-corrected chi connectivity index (χ2v) is 5.62. The Balaban J connectivity index is 1.93. The first-order chi connectivity index (χ1) is 10.1. The zero-order valence-corrected chi connectivity index (χ0v) is 12.6. The van der Waals surface area contributed by atoms with Crippen molar-refractivity contribution in [3.8, 4) is 0 Å². The molecule has 1 aromatic heterocycles.